The molecule has 1 heterocycles. The van der Waals surface area contributed by atoms with Crippen molar-refractivity contribution in [3.63, 3.8) is 0 Å². The van der Waals surface area contributed by atoms with Gasteiger partial charge in [-0.25, -0.2) is 0 Å². The number of hydrogen-bond donors (Lipinski definition) is 1. The van der Waals surface area contributed by atoms with E-state index in [4.69, 9.17) is 5.11 Å². The lowest BCUT2D eigenvalue weighted by molar-refractivity contribution is -0.133. The normalized spacial score (nSPS) is 12.6. The van der Waals surface area contributed by atoms with E-state index in [0.717, 1.165) is 36.8 Å². The molecule has 0 amide bonds. The Kier molecular flexibility index (Phi) is 6.18. The maximum Gasteiger partial charge on any atom is 0.313 e. The van der Waals surface area contributed by atoms with Crippen molar-refractivity contribution in [3.8, 4) is 0 Å². The number of carbonyl (C=O) groups is 1. The van der Waals surface area contributed by atoms with Crippen LogP contribution in [0.15, 0.2) is 5.16 Å². The molecule has 1 unspecified atom stereocenters. The van der Waals surface area contributed by atoms with Gasteiger partial charge in [0.05, 0.1) is 5.75 Å². The molecule has 0 spiro atoms. The molecular weight excluding hydrogens is 250 g/mol. The minimum Gasteiger partial charge on any atom is -0.481 e. The van der Waals surface area contributed by atoms with Gasteiger partial charge >= 0.3 is 5.97 Å². The van der Waals surface area contributed by atoms with Gasteiger partial charge in [0.25, 0.3) is 0 Å². The summed E-state index contributed by atoms with van der Waals surface area (Å²) in [6.45, 7) is 7.29. The quantitative estimate of drug-likeness (QED) is 0.736. The van der Waals surface area contributed by atoms with Crippen molar-refractivity contribution in [3.05, 3.63) is 5.82 Å². The second-order valence-electron chi connectivity index (χ2n) is 4.45. The van der Waals surface area contributed by atoms with Crippen LogP contribution in [0.3, 0.4) is 0 Å². The van der Waals surface area contributed by atoms with E-state index in [0.29, 0.717) is 5.92 Å². The van der Waals surface area contributed by atoms with Crippen LogP contribution in [0.1, 0.15) is 39.4 Å². The van der Waals surface area contributed by atoms with Crippen molar-refractivity contribution in [1.82, 2.24) is 14.8 Å². The number of aromatic nitrogens is 3. The molecule has 18 heavy (non-hydrogen) atoms. The lowest BCUT2D eigenvalue weighted by Crippen LogP contribution is -2.09. The van der Waals surface area contributed by atoms with E-state index >= 15 is 0 Å². The molecule has 5 nitrogen and oxygen atoms in total. The Balaban J connectivity index is 2.80. The molecular formula is C12H21N3O2S. The Hall–Kier alpha value is -1.04. The molecule has 1 aromatic heterocycles. The average Bonchev–Trinajstić information content (AvgIpc) is 2.70. The summed E-state index contributed by atoms with van der Waals surface area (Å²) >= 11 is 1.24. The first-order chi connectivity index (χ1) is 8.58. The lowest BCUT2D eigenvalue weighted by Gasteiger charge is -2.11. The minimum atomic E-state index is -0.825. The van der Waals surface area contributed by atoms with Crippen LogP contribution in [0, 0.1) is 5.92 Å². The monoisotopic (exact) mass is 271 g/mol. The van der Waals surface area contributed by atoms with Gasteiger partial charge in [0, 0.05) is 13.0 Å². The van der Waals surface area contributed by atoms with Crippen molar-refractivity contribution in [2.45, 2.75) is 51.7 Å². The third-order valence-corrected chi connectivity index (χ3v) is 3.74. The number of carboxylic acids is 1. The van der Waals surface area contributed by atoms with Crippen LogP contribution in [-0.2, 0) is 17.8 Å². The molecule has 1 aromatic rings. The molecule has 0 radical (unpaired) electrons. The number of thioether (sulfide) groups is 1. The molecule has 1 rings (SSSR count). The van der Waals surface area contributed by atoms with Crippen LogP contribution in [0.4, 0.5) is 0 Å². The lowest BCUT2D eigenvalue weighted by atomic mass is 10.1. The van der Waals surface area contributed by atoms with Gasteiger partial charge in [-0.05, 0) is 12.3 Å². The number of hydrogen-bond acceptors (Lipinski definition) is 4. The number of aliphatic carboxylic acids is 1. The second kappa shape index (κ2) is 7.41. The average molecular weight is 271 g/mol. The first kappa shape index (κ1) is 15.0. The molecule has 1 N–H and O–H groups in total. The topological polar surface area (TPSA) is 68.0 Å². The Morgan fingerprint density at radius 2 is 2.17 bits per heavy atom. The summed E-state index contributed by atoms with van der Waals surface area (Å²) in [6.07, 6.45) is 3.00. The van der Waals surface area contributed by atoms with Gasteiger partial charge in [-0.15, -0.1) is 10.2 Å². The Morgan fingerprint density at radius 3 is 2.72 bits per heavy atom. The highest BCUT2D eigenvalue weighted by Crippen LogP contribution is 2.19. The summed E-state index contributed by atoms with van der Waals surface area (Å²) in [7, 11) is 0. The van der Waals surface area contributed by atoms with E-state index < -0.39 is 5.97 Å². The summed E-state index contributed by atoms with van der Waals surface area (Å²) in [5.41, 5.74) is 0. The standard InChI is InChI=1S/C12H21N3O2S/c1-4-6-15-10(7-9(3)5-2)13-14-12(15)18-8-11(16)17/h9H,4-8H2,1-3H3,(H,16,17). The van der Waals surface area contributed by atoms with Crippen molar-refractivity contribution >= 4 is 17.7 Å². The van der Waals surface area contributed by atoms with Crippen molar-refractivity contribution in [2.75, 3.05) is 5.75 Å². The predicted molar refractivity (Wildman–Crippen MR) is 71.8 cm³/mol. The smallest absolute Gasteiger partial charge is 0.313 e. The van der Waals surface area contributed by atoms with Crippen LogP contribution in [0.25, 0.3) is 0 Å². The van der Waals surface area contributed by atoms with Crippen molar-refractivity contribution < 1.29 is 9.90 Å². The highest BCUT2D eigenvalue weighted by molar-refractivity contribution is 7.99. The van der Waals surface area contributed by atoms with Gasteiger partial charge in [0.15, 0.2) is 5.16 Å². The largest absolute Gasteiger partial charge is 0.481 e. The van der Waals surface area contributed by atoms with Gasteiger partial charge in [0.1, 0.15) is 5.82 Å². The molecule has 0 aliphatic heterocycles. The van der Waals surface area contributed by atoms with Gasteiger partial charge in [0.2, 0.25) is 0 Å². The molecule has 6 heteroatoms. The zero-order chi connectivity index (χ0) is 13.5. The second-order valence-corrected chi connectivity index (χ2v) is 5.39. The molecule has 0 aliphatic carbocycles. The first-order valence-electron chi connectivity index (χ1n) is 6.35. The highest BCUT2D eigenvalue weighted by Gasteiger charge is 2.14. The van der Waals surface area contributed by atoms with Crippen LogP contribution >= 0.6 is 11.8 Å². The molecule has 102 valence electrons. The first-order valence-corrected chi connectivity index (χ1v) is 7.33. The SMILES string of the molecule is CCCn1c(CC(C)CC)nnc1SCC(=O)O. The summed E-state index contributed by atoms with van der Waals surface area (Å²) < 4.78 is 2.06. The molecule has 0 saturated heterocycles. The van der Waals surface area contributed by atoms with Crippen LogP contribution < -0.4 is 0 Å². The number of carboxylic acid groups (broad SMARTS) is 1. The maximum absolute atomic E-state index is 10.6. The Bertz CT molecular complexity index is 393. The van der Waals surface area contributed by atoms with E-state index in [2.05, 4.69) is 35.5 Å². The molecule has 0 fully saturated rings. The molecule has 0 aliphatic rings. The zero-order valence-corrected chi connectivity index (χ0v) is 12.0. The molecule has 0 bridgehead atoms. The minimum absolute atomic E-state index is 0.0329. The fourth-order valence-corrected chi connectivity index (χ4v) is 2.31. The fraction of sp³-hybridized carbons (Fsp3) is 0.750. The van der Waals surface area contributed by atoms with Crippen LogP contribution in [0.2, 0.25) is 0 Å². The third-order valence-electron chi connectivity index (χ3n) is 2.79. The van der Waals surface area contributed by atoms with E-state index in [1.165, 1.54) is 11.8 Å². The zero-order valence-electron chi connectivity index (χ0n) is 11.2. The van der Waals surface area contributed by atoms with E-state index in [1.807, 2.05) is 0 Å². The summed E-state index contributed by atoms with van der Waals surface area (Å²) in [6, 6.07) is 0. The van der Waals surface area contributed by atoms with Gasteiger partial charge in [-0.1, -0.05) is 39.0 Å². The van der Waals surface area contributed by atoms with Crippen LogP contribution in [-0.4, -0.2) is 31.6 Å². The molecule has 1 atom stereocenters. The van der Waals surface area contributed by atoms with Crippen LogP contribution in [0.5, 0.6) is 0 Å². The Morgan fingerprint density at radius 1 is 1.44 bits per heavy atom. The van der Waals surface area contributed by atoms with Crippen molar-refractivity contribution in [2.24, 2.45) is 5.92 Å². The Labute approximate surface area is 112 Å². The van der Waals surface area contributed by atoms with Crippen molar-refractivity contribution in [1.29, 1.82) is 0 Å². The number of nitrogens with zero attached hydrogens (tertiary/aromatic N) is 3. The van der Waals surface area contributed by atoms with E-state index in [-0.39, 0.29) is 5.75 Å². The van der Waals surface area contributed by atoms with E-state index in [1.54, 1.807) is 0 Å². The summed E-state index contributed by atoms with van der Waals surface area (Å²) in [4.78, 5) is 10.6. The number of rotatable bonds is 8. The third kappa shape index (κ3) is 4.33. The maximum atomic E-state index is 10.6. The fourth-order valence-electron chi connectivity index (χ4n) is 1.61. The summed E-state index contributed by atoms with van der Waals surface area (Å²) in [5, 5.41) is 17.7. The highest BCUT2D eigenvalue weighted by atomic mass is 32.2. The van der Waals surface area contributed by atoms with E-state index in [9.17, 15) is 4.79 Å². The van der Waals surface area contributed by atoms with Gasteiger partial charge in [-0.3, -0.25) is 4.79 Å². The molecule has 0 aromatic carbocycles. The van der Waals surface area contributed by atoms with Gasteiger partial charge in [-0.2, -0.15) is 0 Å². The predicted octanol–water partition coefficient (Wildman–Crippen LogP) is 2.45. The molecule has 0 saturated carbocycles. The van der Waals surface area contributed by atoms with Gasteiger partial charge < -0.3 is 9.67 Å². The summed E-state index contributed by atoms with van der Waals surface area (Å²) in [5.74, 6) is 0.751.